The van der Waals surface area contributed by atoms with Gasteiger partial charge in [-0.25, -0.2) is 0 Å². The summed E-state index contributed by atoms with van der Waals surface area (Å²) < 4.78 is 5.74. The summed E-state index contributed by atoms with van der Waals surface area (Å²) in [6.45, 7) is 10.7. The van der Waals surface area contributed by atoms with E-state index in [9.17, 15) is 0 Å². The molecule has 3 atom stereocenters. The molecule has 1 saturated carbocycles. The Morgan fingerprint density at radius 1 is 1.33 bits per heavy atom. The van der Waals surface area contributed by atoms with Gasteiger partial charge in [-0.1, -0.05) is 20.3 Å². The molecule has 0 heterocycles. The van der Waals surface area contributed by atoms with Crippen LogP contribution in [0.1, 0.15) is 47.0 Å². The van der Waals surface area contributed by atoms with Crippen LogP contribution in [0.25, 0.3) is 0 Å². The summed E-state index contributed by atoms with van der Waals surface area (Å²) in [5, 5.41) is 3.58. The van der Waals surface area contributed by atoms with Crippen LogP contribution >= 0.6 is 0 Å². The fourth-order valence-electron chi connectivity index (χ4n) is 2.54. The topological polar surface area (TPSA) is 21.3 Å². The summed E-state index contributed by atoms with van der Waals surface area (Å²) in [5.41, 5.74) is 0. The SMILES string of the molecule is CCNC(COC(C)C)C1CCC(C)C1. The first-order valence-electron chi connectivity index (χ1n) is 6.48. The lowest BCUT2D eigenvalue weighted by atomic mass is 9.97. The van der Waals surface area contributed by atoms with E-state index in [-0.39, 0.29) is 0 Å². The zero-order valence-corrected chi connectivity index (χ0v) is 10.8. The third-order valence-corrected chi connectivity index (χ3v) is 3.38. The molecule has 1 fully saturated rings. The molecular weight excluding hydrogens is 186 g/mol. The van der Waals surface area contributed by atoms with E-state index in [1.54, 1.807) is 0 Å². The molecule has 2 heteroatoms. The Bertz CT molecular complexity index is 170. The Kier molecular flexibility index (Phi) is 5.62. The quantitative estimate of drug-likeness (QED) is 0.732. The number of rotatable bonds is 6. The molecule has 15 heavy (non-hydrogen) atoms. The average molecular weight is 213 g/mol. The number of nitrogens with one attached hydrogen (secondary N) is 1. The van der Waals surface area contributed by atoms with Gasteiger partial charge in [0.15, 0.2) is 0 Å². The zero-order valence-electron chi connectivity index (χ0n) is 10.8. The van der Waals surface area contributed by atoms with Gasteiger partial charge >= 0.3 is 0 Å². The average Bonchev–Trinajstić information content (AvgIpc) is 2.59. The minimum atomic E-state index is 0.352. The van der Waals surface area contributed by atoms with Crippen molar-refractivity contribution in [3.8, 4) is 0 Å². The molecule has 1 rings (SSSR count). The van der Waals surface area contributed by atoms with E-state index in [0.29, 0.717) is 12.1 Å². The van der Waals surface area contributed by atoms with Crippen molar-refractivity contribution in [2.75, 3.05) is 13.2 Å². The fraction of sp³-hybridized carbons (Fsp3) is 1.00. The maximum absolute atomic E-state index is 5.74. The van der Waals surface area contributed by atoms with E-state index >= 15 is 0 Å². The standard InChI is InChI=1S/C13H27NO/c1-5-14-13(9-15-10(2)3)12-7-6-11(4)8-12/h10-14H,5-9H2,1-4H3. The number of ether oxygens (including phenoxy) is 1. The normalized spacial score (nSPS) is 28.6. The highest BCUT2D eigenvalue weighted by molar-refractivity contribution is 4.83. The van der Waals surface area contributed by atoms with E-state index in [1.165, 1.54) is 19.3 Å². The van der Waals surface area contributed by atoms with Crippen LogP contribution in [0.2, 0.25) is 0 Å². The summed E-state index contributed by atoms with van der Waals surface area (Å²) in [5.74, 6) is 1.74. The lowest BCUT2D eigenvalue weighted by Gasteiger charge is -2.25. The molecule has 0 aromatic heterocycles. The van der Waals surface area contributed by atoms with Crippen LogP contribution in [0, 0.1) is 11.8 Å². The fourth-order valence-corrected chi connectivity index (χ4v) is 2.54. The molecule has 90 valence electrons. The molecule has 0 aromatic rings. The van der Waals surface area contributed by atoms with Crippen molar-refractivity contribution in [2.24, 2.45) is 11.8 Å². The highest BCUT2D eigenvalue weighted by Crippen LogP contribution is 2.32. The van der Waals surface area contributed by atoms with E-state index in [4.69, 9.17) is 4.74 Å². The molecule has 1 aliphatic rings. The van der Waals surface area contributed by atoms with Crippen LogP contribution < -0.4 is 5.32 Å². The monoisotopic (exact) mass is 213 g/mol. The third-order valence-electron chi connectivity index (χ3n) is 3.38. The van der Waals surface area contributed by atoms with Crippen LogP contribution in [0.5, 0.6) is 0 Å². The van der Waals surface area contributed by atoms with Gasteiger partial charge in [-0.2, -0.15) is 0 Å². The Balaban J connectivity index is 2.35. The smallest absolute Gasteiger partial charge is 0.0625 e. The second kappa shape index (κ2) is 6.49. The third kappa shape index (κ3) is 4.52. The molecule has 0 radical (unpaired) electrons. The second-order valence-electron chi connectivity index (χ2n) is 5.22. The second-order valence-corrected chi connectivity index (χ2v) is 5.22. The van der Waals surface area contributed by atoms with Crippen molar-refractivity contribution in [1.29, 1.82) is 0 Å². The van der Waals surface area contributed by atoms with Gasteiger partial charge in [-0.05, 0) is 45.1 Å². The molecule has 2 nitrogen and oxygen atoms in total. The van der Waals surface area contributed by atoms with E-state index < -0.39 is 0 Å². The first-order valence-corrected chi connectivity index (χ1v) is 6.48. The molecule has 1 N–H and O–H groups in total. The lowest BCUT2D eigenvalue weighted by molar-refractivity contribution is 0.0487. The number of hydrogen-bond donors (Lipinski definition) is 1. The highest BCUT2D eigenvalue weighted by Gasteiger charge is 2.28. The number of likely N-dealkylation sites (N-methyl/N-ethyl adjacent to an activating group) is 1. The lowest BCUT2D eigenvalue weighted by Crippen LogP contribution is -2.39. The van der Waals surface area contributed by atoms with Crippen molar-refractivity contribution in [3.05, 3.63) is 0 Å². The first-order chi connectivity index (χ1) is 7.13. The van der Waals surface area contributed by atoms with Crippen LogP contribution in [0.15, 0.2) is 0 Å². The maximum Gasteiger partial charge on any atom is 0.0625 e. The van der Waals surface area contributed by atoms with Gasteiger partial charge < -0.3 is 10.1 Å². The maximum atomic E-state index is 5.74. The molecule has 0 spiro atoms. The minimum Gasteiger partial charge on any atom is -0.377 e. The molecule has 0 bridgehead atoms. The zero-order chi connectivity index (χ0) is 11.3. The molecule has 3 unspecified atom stereocenters. The minimum absolute atomic E-state index is 0.352. The van der Waals surface area contributed by atoms with Crippen molar-refractivity contribution >= 4 is 0 Å². The highest BCUT2D eigenvalue weighted by atomic mass is 16.5. The van der Waals surface area contributed by atoms with Gasteiger partial charge in [-0.3, -0.25) is 0 Å². The summed E-state index contributed by atoms with van der Waals surface area (Å²) in [7, 11) is 0. The van der Waals surface area contributed by atoms with Crippen molar-refractivity contribution in [1.82, 2.24) is 5.32 Å². The molecular formula is C13H27NO. The van der Waals surface area contributed by atoms with Gasteiger partial charge in [-0.15, -0.1) is 0 Å². The van der Waals surface area contributed by atoms with E-state index in [1.807, 2.05) is 0 Å². The molecule has 0 amide bonds. The van der Waals surface area contributed by atoms with Crippen molar-refractivity contribution < 1.29 is 4.74 Å². The molecule has 1 aliphatic carbocycles. The van der Waals surface area contributed by atoms with E-state index in [2.05, 4.69) is 33.0 Å². The Labute approximate surface area is 94.8 Å². The molecule has 0 saturated heterocycles. The summed E-state index contributed by atoms with van der Waals surface area (Å²) in [6.07, 6.45) is 4.50. The first kappa shape index (κ1) is 13.0. The van der Waals surface area contributed by atoms with Crippen LogP contribution in [-0.2, 0) is 4.74 Å². The van der Waals surface area contributed by atoms with Crippen LogP contribution in [-0.4, -0.2) is 25.3 Å². The van der Waals surface area contributed by atoms with Crippen molar-refractivity contribution in [2.45, 2.75) is 59.1 Å². The van der Waals surface area contributed by atoms with Gasteiger partial charge in [0.2, 0.25) is 0 Å². The van der Waals surface area contributed by atoms with Crippen LogP contribution in [0.4, 0.5) is 0 Å². The van der Waals surface area contributed by atoms with Gasteiger partial charge in [0, 0.05) is 6.04 Å². The van der Waals surface area contributed by atoms with E-state index in [0.717, 1.165) is 25.0 Å². The summed E-state index contributed by atoms with van der Waals surface area (Å²) in [6, 6.07) is 0.572. The largest absolute Gasteiger partial charge is 0.377 e. The Morgan fingerprint density at radius 3 is 2.53 bits per heavy atom. The Morgan fingerprint density at radius 2 is 2.07 bits per heavy atom. The molecule has 0 aliphatic heterocycles. The van der Waals surface area contributed by atoms with Gasteiger partial charge in [0.05, 0.1) is 12.7 Å². The Hall–Kier alpha value is -0.0800. The molecule has 0 aromatic carbocycles. The van der Waals surface area contributed by atoms with Gasteiger partial charge in [0.1, 0.15) is 0 Å². The van der Waals surface area contributed by atoms with Crippen molar-refractivity contribution in [3.63, 3.8) is 0 Å². The van der Waals surface area contributed by atoms with Gasteiger partial charge in [0.25, 0.3) is 0 Å². The summed E-state index contributed by atoms with van der Waals surface area (Å²) in [4.78, 5) is 0. The predicted octanol–water partition coefficient (Wildman–Crippen LogP) is 2.83. The summed E-state index contributed by atoms with van der Waals surface area (Å²) >= 11 is 0. The number of hydrogen-bond acceptors (Lipinski definition) is 2. The van der Waals surface area contributed by atoms with Crippen LogP contribution in [0.3, 0.4) is 0 Å². The predicted molar refractivity (Wildman–Crippen MR) is 65.1 cm³/mol.